The van der Waals surface area contributed by atoms with Crippen LogP contribution in [0.15, 0.2) is 64.8 Å². The number of hydrogen-bond acceptors (Lipinski definition) is 5. The summed E-state index contributed by atoms with van der Waals surface area (Å²) in [5.41, 5.74) is 15.3. The number of hydrogen-bond donors (Lipinski definition) is 3. The van der Waals surface area contributed by atoms with Crippen LogP contribution in [0, 0.1) is 6.92 Å². The normalized spacial score (nSPS) is 11.2. The number of aryl methyl sites for hydroxylation is 1. The van der Waals surface area contributed by atoms with E-state index in [9.17, 15) is 0 Å². The van der Waals surface area contributed by atoms with Gasteiger partial charge in [0.25, 0.3) is 0 Å². The van der Waals surface area contributed by atoms with Crippen LogP contribution in [-0.4, -0.2) is 16.7 Å². The first kappa shape index (κ1) is 17.6. The molecule has 0 spiro atoms. The molecule has 3 aromatic rings. The largest absolute Gasteiger partial charge is 0.369 e. The van der Waals surface area contributed by atoms with Crippen molar-refractivity contribution in [2.45, 2.75) is 13.8 Å². The standard InChI is InChI=1S/C19H20N6S/c1-12(24-25-18(20)21)14-8-10-16(11-9-14)22-19-23-17(13(2)26-19)15-6-4-3-5-7-15/h3-11H,1-2H3,(H,22,23)(H4,20,21,25). The lowest BCUT2D eigenvalue weighted by Gasteiger charge is -2.04. The fourth-order valence-electron chi connectivity index (χ4n) is 2.42. The highest BCUT2D eigenvalue weighted by Crippen LogP contribution is 2.31. The van der Waals surface area contributed by atoms with Crippen molar-refractivity contribution >= 4 is 33.8 Å². The van der Waals surface area contributed by atoms with Gasteiger partial charge in [-0.05, 0) is 31.5 Å². The van der Waals surface area contributed by atoms with Crippen LogP contribution in [0.3, 0.4) is 0 Å². The molecule has 1 aromatic heterocycles. The molecule has 0 aliphatic carbocycles. The lowest BCUT2D eigenvalue weighted by atomic mass is 10.1. The van der Waals surface area contributed by atoms with Crippen molar-refractivity contribution in [1.29, 1.82) is 0 Å². The first-order valence-corrected chi connectivity index (χ1v) is 8.88. The minimum Gasteiger partial charge on any atom is -0.369 e. The van der Waals surface area contributed by atoms with E-state index >= 15 is 0 Å². The first-order chi connectivity index (χ1) is 12.5. The highest BCUT2D eigenvalue weighted by molar-refractivity contribution is 7.16. The lowest BCUT2D eigenvalue weighted by molar-refractivity contribution is 1.20. The number of thiazole rings is 1. The Morgan fingerprint density at radius 1 is 1.00 bits per heavy atom. The number of nitrogens with zero attached hydrogens (tertiary/aromatic N) is 3. The molecular formula is C19H20N6S. The zero-order valence-electron chi connectivity index (χ0n) is 14.6. The Kier molecular flexibility index (Phi) is 5.28. The van der Waals surface area contributed by atoms with E-state index in [1.807, 2.05) is 49.4 Å². The van der Waals surface area contributed by atoms with Gasteiger partial charge in [-0.2, -0.15) is 5.10 Å². The summed E-state index contributed by atoms with van der Waals surface area (Å²) in [5.74, 6) is -0.0593. The smallest absolute Gasteiger partial charge is 0.211 e. The van der Waals surface area contributed by atoms with Crippen LogP contribution >= 0.6 is 11.3 Å². The Morgan fingerprint density at radius 2 is 1.69 bits per heavy atom. The summed E-state index contributed by atoms with van der Waals surface area (Å²) in [6.45, 7) is 3.93. The maximum atomic E-state index is 5.29. The molecule has 0 aliphatic heterocycles. The number of nitrogens with two attached hydrogens (primary N) is 2. The van der Waals surface area contributed by atoms with Gasteiger partial charge >= 0.3 is 0 Å². The molecule has 0 amide bonds. The Labute approximate surface area is 156 Å². The van der Waals surface area contributed by atoms with Crippen molar-refractivity contribution in [1.82, 2.24) is 4.98 Å². The summed E-state index contributed by atoms with van der Waals surface area (Å²) in [4.78, 5) is 5.90. The van der Waals surface area contributed by atoms with E-state index in [0.29, 0.717) is 0 Å². The van der Waals surface area contributed by atoms with Crippen LogP contribution in [0.1, 0.15) is 17.4 Å². The molecule has 1 heterocycles. The van der Waals surface area contributed by atoms with Crippen LogP contribution in [0.5, 0.6) is 0 Å². The summed E-state index contributed by atoms with van der Waals surface area (Å²) in [5, 5.41) is 11.9. The van der Waals surface area contributed by atoms with Gasteiger partial charge < -0.3 is 16.8 Å². The van der Waals surface area contributed by atoms with Crippen molar-refractivity contribution in [3.05, 3.63) is 65.0 Å². The molecule has 0 radical (unpaired) electrons. The van der Waals surface area contributed by atoms with Gasteiger partial charge in [0.2, 0.25) is 5.96 Å². The molecule has 2 aromatic carbocycles. The van der Waals surface area contributed by atoms with Crippen molar-refractivity contribution in [2.24, 2.45) is 21.7 Å². The molecule has 0 aliphatic rings. The van der Waals surface area contributed by atoms with E-state index in [1.54, 1.807) is 11.3 Å². The number of anilines is 2. The van der Waals surface area contributed by atoms with Gasteiger partial charge in [-0.15, -0.1) is 16.4 Å². The minimum absolute atomic E-state index is 0.0593. The van der Waals surface area contributed by atoms with Gasteiger partial charge in [0.1, 0.15) is 0 Å². The molecule has 0 fully saturated rings. The van der Waals surface area contributed by atoms with Crippen molar-refractivity contribution < 1.29 is 0 Å². The van der Waals surface area contributed by atoms with Crippen LogP contribution in [0.4, 0.5) is 10.8 Å². The Balaban J connectivity index is 1.76. The van der Waals surface area contributed by atoms with E-state index in [1.165, 1.54) is 4.88 Å². The molecule has 3 rings (SSSR count). The molecule has 0 saturated carbocycles. The predicted molar refractivity (Wildman–Crippen MR) is 110 cm³/mol. The van der Waals surface area contributed by atoms with Gasteiger partial charge in [0.05, 0.1) is 11.4 Å². The lowest BCUT2D eigenvalue weighted by Crippen LogP contribution is -2.22. The fourth-order valence-corrected chi connectivity index (χ4v) is 3.28. The van der Waals surface area contributed by atoms with E-state index in [4.69, 9.17) is 16.5 Å². The second-order valence-corrected chi connectivity index (χ2v) is 6.91. The van der Waals surface area contributed by atoms with Crippen LogP contribution in [0.25, 0.3) is 11.3 Å². The molecule has 0 unspecified atom stereocenters. The zero-order chi connectivity index (χ0) is 18.5. The Bertz CT molecular complexity index is 938. The SMILES string of the molecule is CC(=NN=C(N)N)c1ccc(Nc2nc(-c3ccccc3)c(C)s2)cc1. The molecule has 0 saturated heterocycles. The van der Waals surface area contributed by atoms with Gasteiger partial charge in [0.15, 0.2) is 5.13 Å². The van der Waals surface area contributed by atoms with Crippen LogP contribution < -0.4 is 16.8 Å². The average molecular weight is 364 g/mol. The maximum Gasteiger partial charge on any atom is 0.211 e. The maximum absolute atomic E-state index is 5.29. The van der Waals surface area contributed by atoms with Crippen molar-refractivity contribution in [3.8, 4) is 11.3 Å². The fraction of sp³-hybridized carbons (Fsp3) is 0.105. The van der Waals surface area contributed by atoms with Crippen molar-refractivity contribution in [2.75, 3.05) is 5.32 Å². The van der Waals surface area contributed by atoms with Gasteiger partial charge in [-0.1, -0.05) is 42.5 Å². The summed E-state index contributed by atoms with van der Waals surface area (Å²) >= 11 is 1.63. The molecule has 5 N–H and O–H groups in total. The van der Waals surface area contributed by atoms with Crippen LogP contribution in [-0.2, 0) is 0 Å². The van der Waals surface area contributed by atoms with E-state index in [-0.39, 0.29) is 5.96 Å². The molecule has 6 nitrogen and oxygen atoms in total. The average Bonchev–Trinajstić information content (AvgIpc) is 3.01. The molecule has 26 heavy (non-hydrogen) atoms. The van der Waals surface area contributed by atoms with Crippen molar-refractivity contribution in [3.63, 3.8) is 0 Å². The number of aromatic nitrogens is 1. The monoisotopic (exact) mass is 364 g/mol. The van der Waals surface area contributed by atoms with Gasteiger partial charge in [0, 0.05) is 16.1 Å². The van der Waals surface area contributed by atoms with E-state index < -0.39 is 0 Å². The second-order valence-electron chi connectivity index (χ2n) is 5.70. The first-order valence-electron chi connectivity index (χ1n) is 8.06. The summed E-state index contributed by atoms with van der Waals surface area (Å²) in [6, 6.07) is 18.1. The summed E-state index contributed by atoms with van der Waals surface area (Å²) < 4.78 is 0. The number of rotatable bonds is 5. The van der Waals surface area contributed by atoms with Gasteiger partial charge in [-0.25, -0.2) is 4.98 Å². The van der Waals surface area contributed by atoms with E-state index in [0.717, 1.165) is 33.4 Å². The third-order valence-corrected chi connectivity index (χ3v) is 4.60. The number of guanidine groups is 1. The quantitative estimate of drug-likeness (QED) is 0.363. The van der Waals surface area contributed by atoms with Gasteiger partial charge in [-0.3, -0.25) is 0 Å². The molecule has 132 valence electrons. The Morgan fingerprint density at radius 3 is 2.35 bits per heavy atom. The predicted octanol–water partition coefficient (Wildman–Crippen LogP) is 3.86. The Hall–Kier alpha value is -3.19. The number of nitrogens with one attached hydrogen (secondary N) is 1. The second kappa shape index (κ2) is 7.79. The topological polar surface area (TPSA) is 102 Å². The molecule has 0 atom stereocenters. The highest BCUT2D eigenvalue weighted by Gasteiger charge is 2.09. The third kappa shape index (κ3) is 4.25. The number of benzene rings is 2. The minimum atomic E-state index is -0.0593. The molecular weight excluding hydrogens is 344 g/mol. The highest BCUT2D eigenvalue weighted by atomic mass is 32.1. The molecule has 7 heteroatoms. The summed E-state index contributed by atoms with van der Waals surface area (Å²) in [7, 11) is 0. The summed E-state index contributed by atoms with van der Waals surface area (Å²) in [6.07, 6.45) is 0. The molecule has 0 bridgehead atoms. The van der Waals surface area contributed by atoms with E-state index in [2.05, 4.69) is 34.6 Å². The van der Waals surface area contributed by atoms with Crippen LogP contribution in [0.2, 0.25) is 0 Å². The third-order valence-electron chi connectivity index (χ3n) is 3.71. The zero-order valence-corrected chi connectivity index (χ0v) is 15.4.